The van der Waals surface area contributed by atoms with E-state index >= 15 is 0 Å². The van der Waals surface area contributed by atoms with Crippen molar-refractivity contribution in [2.75, 3.05) is 19.8 Å². The second kappa shape index (κ2) is 7.62. The highest BCUT2D eigenvalue weighted by atomic mass is 16.5. The van der Waals surface area contributed by atoms with E-state index < -0.39 is 0 Å². The molecule has 0 saturated heterocycles. The van der Waals surface area contributed by atoms with Gasteiger partial charge in [0.15, 0.2) is 0 Å². The standard InChI is InChI=1S/C12H18N2O3/c1-2-17-9-5-7-13-11(15)10-14-8-4-3-6-12(14)16/h3-4,6,8H,2,5,7,9-10H2,1H3,(H,13,15). The second-order valence-corrected chi connectivity index (χ2v) is 3.57. The van der Waals surface area contributed by atoms with Gasteiger partial charge in [0.05, 0.1) is 0 Å². The number of aromatic nitrogens is 1. The average molecular weight is 238 g/mol. The highest BCUT2D eigenvalue weighted by molar-refractivity contribution is 5.75. The summed E-state index contributed by atoms with van der Waals surface area (Å²) >= 11 is 0. The molecule has 0 aliphatic heterocycles. The molecular weight excluding hydrogens is 220 g/mol. The van der Waals surface area contributed by atoms with Crippen molar-refractivity contribution < 1.29 is 9.53 Å². The first-order valence-corrected chi connectivity index (χ1v) is 5.74. The number of nitrogens with zero attached hydrogens (tertiary/aromatic N) is 1. The number of hydrogen-bond acceptors (Lipinski definition) is 3. The van der Waals surface area contributed by atoms with Crippen molar-refractivity contribution in [2.45, 2.75) is 19.9 Å². The topological polar surface area (TPSA) is 60.3 Å². The summed E-state index contributed by atoms with van der Waals surface area (Å²) in [6, 6.07) is 4.81. The summed E-state index contributed by atoms with van der Waals surface area (Å²) in [6.07, 6.45) is 2.38. The molecule has 17 heavy (non-hydrogen) atoms. The minimum absolute atomic E-state index is 0.0638. The third-order valence-electron chi connectivity index (χ3n) is 2.20. The van der Waals surface area contributed by atoms with Crippen LogP contribution in [0.3, 0.4) is 0 Å². The molecule has 1 amide bonds. The number of pyridine rings is 1. The predicted octanol–water partition coefficient (Wildman–Crippen LogP) is 0.391. The van der Waals surface area contributed by atoms with Gasteiger partial charge in [0.2, 0.25) is 5.91 Å². The quantitative estimate of drug-likeness (QED) is 0.699. The van der Waals surface area contributed by atoms with Crippen LogP contribution < -0.4 is 10.9 Å². The van der Waals surface area contributed by atoms with E-state index in [1.54, 1.807) is 18.3 Å². The van der Waals surface area contributed by atoms with E-state index in [9.17, 15) is 9.59 Å². The fraction of sp³-hybridized carbons (Fsp3) is 0.500. The van der Waals surface area contributed by atoms with Crippen molar-refractivity contribution in [3.8, 4) is 0 Å². The Morgan fingerprint density at radius 1 is 1.47 bits per heavy atom. The molecule has 0 saturated carbocycles. The van der Waals surface area contributed by atoms with Gasteiger partial charge in [-0.1, -0.05) is 6.07 Å². The first-order chi connectivity index (χ1) is 8.24. The van der Waals surface area contributed by atoms with E-state index in [4.69, 9.17) is 4.74 Å². The van der Waals surface area contributed by atoms with Crippen LogP contribution in [-0.2, 0) is 16.1 Å². The van der Waals surface area contributed by atoms with Gasteiger partial charge in [-0.25, -0.2) is 0 Å². The lowest BCUT2D eigenvalue weighted by Crippen LogP contribution is -2.32. The monoisotopic (exact) mass is 238 g/mol. The van der Waals surface area contributed by atoms with Gasteiger partial charge in [-0.15, -0.1) is 0 Å². The van der Waals surface area contributed by atoms with Gasteiger partial charge in [0, 0.05) is 32.0 Å². The highest BCUT2D eigenvalue weighted by Gasteiger charge is 2.02. The molecule has 1 N–H and O–H groups in total. The van der Waals surface area contributed by atoms with Crippen LogP contribution in [-0.4, -0.2) is 30.2 Å². The first-order valence-electron chi connectivity index (χ1n) is 5.74. The zero-order valence-corrected chi connectivity index (χ0v) is 10.0. The van der Waals surface area contributed by atoms with Crippen LogP contribution >= 0.6 is 0 Å². The first kappa shape index (κ1) is 13.4. The Balaban J connectivity index is 2.26. The van der Waals surface area contributed by atoms with Crippen molar-refractivity contribution >= 4 is 5.91 Å². The van der Waals surface area contributed by atoms with Gasteiger partial charge in [-0.3, -0.25) is 9.59 Å². The van der Waals surface area contributed by atoms with Gasteiger partial charge < -0.3 is 14.6 Å². The van der Waals surface area contributed by atoms with Gasteiger partial charge >= 0.3 is 0 Å². The summed E-state index contributed by atoms with van der Waals surface area (Å²) < 4.78 is 6.52. The van der Waals surface area contributed by atoms with E-state index in [0.29, 0.717) is 19.8 Å². The van der Waals surface area contributed by atoms with Gasteiger partial charge in [-0.05, 0) is 19.4 Å². The molecule has 1 aromatic heterocycles. The zero-order valence-electron chi connectivity index (χ0n) is 10.0. The lowest BCUT2D eigenvalue weighted by molar-refractivity contribution is -0.121. The van der Waals surface area contributed by atoms with Crippen molar-refractivity contribution in [3.63, 3.8) is 0 Å². The van der Waals surface area contributed by atoms with Crippen molar-refractivity contribution in [3.05, 3.63) is 34.7 Å². The maximum Gasteiger partial charge on any atom is 0.250 e. The largest absolute Gasteiger partial charge is 0.382 e. The van der Waals surface area contributed by atoms with Crippen LogP contribution in [0, 0.1) is 0 Å². The molecule has 5 nitrogen and oxygen atoms in total. The van der Waals surface area contributed by atoms with Gasteiger partial charge in [0.25, 0.3) is 5.56 Å². The summed E-state index contributed by atoms with van der Waals surface area (Å²) in [5.41, 5.74) is -0.169. The maximum absolute atomic E-state index is 11.5. The number of ether oxygens (including phenoxy) is 1. The SMILES string of the molecule is CCOCCCNC(=O)Cn1ccccc1=O. The second-order valence-electron chi connectivity index (χ2n) is 3.57. The van der Waals surface area contributed by atoms with E-state index in [1.165, 1.54) is 10.6 Å². The van der Waals surface area contributed by atoms with Gasteiger partial charge in [-0.2, -0.15) is 0 Å². The molecule has 94 valence electrons. The van der Waals surface area contributed by atoms with E-state index in [1.807, 2.05) is 6.92 Å². The fourth-order valence-corrected chi connectivity index (χ4v) is 1.35. The van der Waals surface area contributed by atoms with Crippen LogP contribution in [0.4, 0.5) is 0 Å². The van der Waals surface area contributed by atoms with Crippen molar-refractivity contribution in [1.82, 2.24) is 9.88 Å². The van der Waals surface area contributed by atoms with Crippen molar-refractivity contribution in [2.24, 2.45) is 0 Å². The molecule has 0 aliphatic rings. The predicted molar refractivity (Wildman–Crippen MR) is 64.8 cm³/mol. The molecular formula is C12H18N2O3. The van der Waals surface area contributed by atoms with Crippen LogP contribution in [0.5, 0.6) is 0 Å². The highest BCUT2D eigenvalue weighted by Crippen LogP contribution is 1.84. The molecule has 0 radical (unpaired) electrons. The molecule has 0 unspecified atom stereocenters. The molecule has 0 bridgehead atoms. The Bertz CT molecular complexity index is 401. The molecule has 0 fully saturated rings. The number of rotatable bonds is 7. The lowest BCUT2D eigenvalue weighted by atomic mass is 10.4. The normalized spacial score (nSPS) is 10.2. The Hall–Kier alpha value is -1.62. The minimum Gasteiger partial charge on any atom is -0.382 e. The lowest BCUT2D eigenvalue weighted by Gasteiger charge is -2.06. The summed E-state index contributed by atoms with van der Waals surface area (Å²) in [7, 11) is 0. The summed E-state index contributed by atoms with van der Waals surface area (Å²) in [6.45, 7) is 3.89. The Morgan fingerprint density at radius 2 is 2.29 bits per heavy atom. The zero-order chi connectivity index (χ0) is 12.5. The molecule has 1 heterocycles. The minimum atomic E-state index is -0.169. The molecule has 0 aromatic carbocycles. The summed E-state index contributed by atoms with van der Waals surface area (Å²) in [5, 5.41) is 2.74. The molecule has 0 aliphatic carbocycles. The third-order valence-corrected chi connectivity index (χ3v) is 2.20. The van der Waals surface area contributed by atoms with Crippen molar-refractivity contribution in [1.29, 1.82) is 0 Å². The molecule has 1 aromatic rings. The molecule has 5 heteroatoms. The molecule has 1 rings (SSSR count). The maximum atomic E-state index is 11.5. The summed E-state index contributed by atoms with van der Waals surface area (Å²) in [5.74, 6) is -0.158. The van der Waals surface area contributed by atoms with E-state index in [0.717, 1.165) is 6.42 Å². The molecule has 0 spiro atoms. The Morgan fingerprint density at radius 3 is 3.00 bits per heavy atom. The van der Waals surface area contributed by atoms with Gasteiger partial charge in [0.1, 0.15) is 6.54 Å². The van der Waals surface area contributed by atoms with Crippen LogP contribution in [0.2, 0.25) is 0 Å². The van der Waals surface area contributed by atoms with Crippen LogP contribution in [0.1, 0.15) is 13.3 Å². The Kier molecular flexibility index (Phi) is 6.03. The molecule has 0 atom stereocenters. The third kappa shape index (κ3) is 5.31. The number of amides is 1. The van der Waals surface area contributed by atoms with Crippen LogP contribution in [0.15, 0.2) is 29.2 Å². The van der Waals surface area contributed by atoms with E-state index in [-0.39, 0.29) is 18.0 Å². The smallest absolute Gasteiger partial charge is 0.250 e. The number of carbonyl (C=O) groups excluding carboxylic acids is 1. The number of carbonyl (C=O) groups is 1. The summed E-state index contributed by atoms with van der Waals surface area (Å²) in [4.78, 5) is 22.8. The van der Waals surface area contributed by atoms with Crippen LogP contribution in [0.25, 0.3) is 0 Å². The average Bonchev–Trinajstić information content (AvgIpc) is 2.32. The number of nitrogens with one attached hydrogen (secondary N) is 1. The Labute approximate surface area is 100 Å². The fourth-order valence-electron chi connectivity index (χ4n) is 1.35. The van der Waals surface area contributed by atoms with E-state index in [2.05, 4.69) is 5.32 Å². The number of hydrogen-bond donors (Lipinski definition) is 1.